The maximum atomic E-state index is 3.48. The predicted octanol–water partition coefficient (Wildman–Crippen LogP) is 4.61. The predicted molar refractivity (Wildman–Crippen MR) is 81.6 cm³/mol. The van der Waals surface area contributed by atoms with Crippen molar-refractivity contribution in [3.8, 4) is 0 Å². The van der Waals surface area contributed by atoms with E-state index < -0.39 is 0 Å². The highest BCUT2D eigenvalue weighted by atomic mass is 79.9. The van der Waals surface area contributed by atoms with Crippen molar-refractivity contribution in [1.82, 2.24) is 5.32 Å². The minimum Gasteiger partial charge on any atom is -0.312 e. The second-order valence-electron chi connectivity index (χ2n) is 3.76. The van der Waals surface area contributed by atoms with E-state index in [1.54, 1.807) is 11.3 Å². The highest BCUT2D eigenvalue weighted by Gasteiger charge is 1.97. The average Bonchev–Trinajstić information content (AvgIpc) is 2.73. The fourth-order valence-corrected chi connectivity index (χ4v) is 3.28. The third-order valence-electron chi connectivity index (χ3n) is 2.42. The van der Waals surface area contributed by atoms with E-state index >= 15 is 0 Å². The minimum atomic E-state index is 0.930. The molecule has 0 atom stereocenters. The molecule has 0 saturated carbocycles. The highest BCUT2D eigenvalue weighted by molar-refractivity contribution is 9.11. The van der Waals surface area contributed by atoms with Gasteiger partial charge in [0.2, 0.25) is 0 Å². The van der Waals surface area contributed by atoms with Crippen LogP contribution >= 0.6 is 43.2 Å². The van der Waals surface area contributed by atoms with Gasteiger partial charge >= 0.3 is 0 Å². The molecule has 2 aromatic rings. The number of hydrogen-bond donors (Lipinski definition) is 1. The lowest BCUT2D eigenvalue weighted by molar-refractivity contribution is 0.690. The first-order chi connectivity index (χ1) is 8.24. The van der Waals surface area contributed by atoms with E-state index in [1.807, 2.05) is 0 Å². The zero-order chi connectivity index (χ0) is 12.1. The average molecular weight is 375 g/mol. The smallest absolute Gasteiger partial charge is 0.0701 e. The maximum Gasteiger partial charge on any atom is 0.0701 e. The van der Waals surface area contributed by atoms with Crippen LogP contribution in [0.15, 0.2) is 44.7 Å². The zero-order valence-corrected chi connectivity index (χ0v) is 13.2. The van der Waals surface area contributed by atoms with Gasteiger partial charge in [-0.05, 0) is 52.2 Å². The summed E-state index contributed by atoms with van der Waals surface area (Å²) < 4.78 is 2.34. The first kappa shape index (κ1) is 13.3. The van der Waals surface area contributed by atoms with Crippen LogP contribution in [0.4, 0.5) is 0 Å². The Bertz CT molecular complexity index is 465. The number of rotatable bonds is 5. The molecule has 17 heavy (non-hydrogen) atoms. The summed E-state index contributed by atoms with van der Waals surface area (Å²) in [5.41, 5.74) is 1.32. The molecule has 1 N–H and O–H groups in total. The number of nitrogens with one attached hydrogen (secondary N) is 1. The van der Waals surface area contributed by atoms with E-state index in [-0.39, 0.29) is 0 Å². The second-order valence-corrected chi connectivity index (χ2v) is 7.22. The second kappa shape index (κ2) is 6.69. The van der Waals surface area contributed by atoms with Gasteiger partial charge in [-0.15, -0.1) is 11.3 Å². The van der Waals surface area contributed by atoms with Crippen molar-refractivity contribution < 1.29 is 0 Å². The van der Waals surface area contributed by atoms with Crippen molar-refractivity contribution in [2.45, 2.75) is 13.0 Å². The molecule has 0 fully saturated rings. The molecule has 0 aliphatic heterocycles. The van der Waals surface area contributed by atoms with Gasteiger partial charge in [-0.2, -0.15) is 0 Å². The molecular weight excluding hydrogens is 362 g/mol. The highest BCUT2D eigenvalue weighted by Crippen LogP contribution is 2.22. The van der Waals surface area contributed by atoms with E-state index in [1.165, 1.54) is 14.2 Å². The van der Waals surface area contributed by atoms with Crippen LogP contribution in [0.1, 0.15) is 10.4 Å². The van der Waals surface area contributed by atoms with Crippen LogP contribution in [-0.4, -0.2) is 6.54 Å². The normalized spacial score (nSPS) is 10.7. The summed E-state index contributed by atoms with van der Waals surface area (Å²) >= 11 is 8.72. The maximum absolute atomic E-state index is 3.48. The van der Waals surface area contributed by atoms with Crippen molar-refractivity contribution >= 4 is 43.2 Å². The lowest BCUT2D eigenvalue weighted by Crippen LogP contribution is -2.16. The summed E-state index contributed by atoms with van der Waals surface area (Å²) in [6.07, 6.45) is 1.09. The van der Waals surface area contributed by atoms with Crippen molar-refractivity contribution in [1.29, 1.82) is 0 Å². The Labute approximate surface area is 123 Å². The van der Waals surface area contributed by atoms with Gasteiger partial charge in [0.1, 0.15) is 0 Å². The van der Waals surface area contributed by atoms with Crippen LogP contribution < -0.4 is 5.32 Å². The van der Waals surface area contributed by atoms with Gasteiger partial charge in [0.05, 0.1) is 3.79 Å². The van der Waals surface area contributed by atoms with E-state index in [9.17, 15) is 0 Å². The lowest BCUT2D eigenvalue weighted by Gasteiger charge is -2.04. The number of hydrogen-bond acceptors (Lipinski definition) is 2. The Hall–Kier alpha value is -0.160. The third kappa shape index (κ3) is 4.54. The van der Waals surface area contributed by atoms with Crippen molar-refractivity contribution in [3.05, 3.63) is 55.1 Å². The molecule has 0 aliphatic rings. The molecule has 0 amide bonds. The van der Waals surface area contributed by atoms with Crippen LogP contribution in [-0.2, 0) is 13.0 Å². The molecular formula is C13H13Br2NS. The van der Waals surface area contributed by atoms with Gasteiger partial charge in [-0.25, -0.2) is 0 Å². The SMILES string of the molecule is Brc1ccc(CNCCc2ccc(Br)s2)cc1. The van der Waals surface area contributed by atoms with Gasteiger partial charge in [-0.1, -0.05) is 28.1 Å². The summed E-state index contributed by atoms with van der Waals surface area (Å²) in [7, 11) is 0. The van der Waals surface area contributed by atoms with Gasteiger partial charge < -0.3 is 5.32 Å². The van der Waals surface area contributed by atoms with Crippen LogP contribution in [0.25, 0.3) is 0 Å². The standard InChI is InChI=1S/C13H13Br2NS/c14-11-3-1-10(2-4-11)9-16-8-7-12-5-6-13(15)17-12/h1-6,16H,7-9H2. The fourth-order valence-electron chi connectivity index (χ4n) is 1.53. The quantitative estimate of drug-likeness (QED) is 0.753. The number of benzene rings is 1. The minimum absolute atomic E-state index is 0.930. The van der Waals surface area contributed by atoms with Crippen LogP contribution in [0.2, 0.25) is 0 Å². The van der Waals surface area contributed by atoms with Gasteiger partial charge in [-0.3, -0.25) is 0 Å². The largest absolute Gasteiger partial charge is 0.312 e. The van der Waals surface area contributed by atoms with Gasteiger partial charge in [0, 0.05) is 22.4 Å². The molecule has 1 heterocycles. The Morgan fingerprint density at radius 1 is 1.00 bits per heavy atom. The Morgan fingerprint density at radius 2 is 1.76 bits per heavy atom. The monoisotopic (exact) mass is 373 g/mol. The van der Waals surface area contributed by atoms with E-state index in [0.29, 0.717) is 0 Å². The van der Waals surface area contributed by atoms with E-state index in [2.05, 4.69) is 73.6 Å². The summed E-state index contributed by atoms with van der Waals surface area (Å²) in [5.74, 6) is 0. The van der Waals surface area contributed by atoms with Crippen molar-refractivity contribution in [3.63, 3.8) is 0 Å². The molecule has 1 aromatic heterocycles. The molecule has 2 rings (SSSR count). The van der Waals surface area contributed by atoms with Gasteiger partial charge in [0.15, 0.2) is 0 Å². The lowest BCUT2D eigenvalue weighted by atomic mass is 10.2. The Morgan fingerprint density at radius 3 is 2.41 bits per heavy atom. The van der Waals surface area contributed by atoms with Crippen LogP contribution in [0.3, 0.4) is 0 Å². The zero-order valence-electron chi connectivity index (χ0n) is 9.25. The Balaban J connectivity index is 1.71. The van der Waals surface area contributed by atoms with Gasteiger partial charge in [0.25, 0.3) is 0 Å². The first-order valence-electron chi connectivity index (χ1n) is 5.43. The molecule has 0 spiro atoms. The summed E-state index contributed by atoms with van der Waals surface area (Å²) in [6, 6.07) is 12.7. The molecule has 0 radical (unpaired) electrons. The van der Waals surface area contributed by atoms with Crippen LogP contribution in [0.5, 0.6) is 0 Å². The third-order valence-corrected chi connectivity index (χ3v) is 4.63. The summed E-state index contributed by atoms with van der Waals surface area (Å²) in [6.45, 7) is 1.95. The number of halogens is 2. The van der Waals surface area contributed by atoms with Crippen molar-refractivity contribution in [2.75, 3.05) is 6.54 Å². The van der Waals surface area contributed by atoms with Crippen molar-refractivity contribution in [2.24, 2.45) is 0 Å². The molecule has 0 saturated heterocycles. The van der Waals surface area contributed by atoms with Crippen LogP contribution in [0, 0.1) is 0 Å². The summed E-state index contributed by atoms with van der Waals surface area (Å²) in [5, 5.41) is 3.45. The molecule has 90 valence electrons. The first-order valence-corrected chi connectivity index (χ1v) is 7.83. The molecule has 0 unspecified atom stereocenters. The molecule has 1 nitrogen and oxygen atoms in total. The molecule has 1 aromatic carbocycles. The number of thiophene rings is 1. The molecule has 0 aliphatic carbocycles. The molecule has 0 bridgehead atoms. The fraction of sp³-hybridized carbons (Fsp3) is 0.231. The topological polar surface area (TPSA) is 12.0 Å². The Kier molecular flexibility index (Phi) is 5.22. The van der Waals surface area contributed by atoms with E-state index in [0.717, 1.165) is 24.0 Å². The van der Waals surface area contributed by atoms with E-state index in [4.69, 9.17) is 0 Å². The molecule has 4 heteroatoms. The summed E-state index contributed by atoms with van der Waals surface area (Å²) in [4.78, 5) is 1.42.